The normalized spacial score (nSPS) is 16.3. The molecule has 0 unspecified atom stereocenters. The number of carbonyl (C=O) groups is 1. The predicted octanol–water partition coefficient (Wildman–Crippen LogP) is 5.57. The molecule has 1 aliphatic carbocycles. The largest absolute Gasteiger partial charge is 0.497 e. The van der Waals surface area contributed by atoms with Crippen molar-refractivity contribution < 1.29 is 22.7 Å². The van der Waals surface area contributed by atoms with Gasteiger partial charge in [-0.25, -0.2) is 8.42 Å². The van der Waals surface area contributed by atoms with Gasteiger partial charge in [-0.15, -0.1) is 0 Å². The van der Waals surface area contributed by atoms with Gasteiger partial charge in [-0.1, -0.05) is 62.4 Å². The van der Waals surface area contributed by atoms with Crippen LogP contribution in [-0.2, 0) is 26.1 Å². The summed E-state index contributed by atoms with van der Waals surface area (Å²) in [5.41, 5.74) is 0.0984. The summed E-state index contributed by atoms with van der Waals surface area (Å²) < 4.78 is 40.2. The van der Waals surface area contributed by atoms with Crippen molar-refractivity contribution in [2.45, 2.75) is 82.4 Å². The lowest BCUT2D eigenvalue weighted by Crippen LogP contribution is -2.48. The lowest BCUT2D eigenvalue weighted by atomic mass is 9.84. The summed E-state index contributed by atoms with van der Waals surface area (Å²) >= 11 is 0. The Labute approximate surface area is 204 Å². The zero-order valence-electron chi connectivity index (χ0n) is 20.7. The molecular formula is C27H37NO5S. The molecule has 0 bridgehead atoms. The summed E-state index contributed by atoms with van der Waals surface area (Å²) in [5, 5.41) is 0. The molecule has 2 aromatic rings. The van der Waals surface area contributed by atoms with E-state index in [1.54, 1.807) is 12.1 Å². The molecular weight excluding hydrogens is 450 g/mol. The minimum absolute atomic E-state index is 0.0891. The first-order valence-corrected chi connectivity index (χ1v) is 13.5. The molecule has 6 nitrogen and oxygen atoms in total. The lowest BCUT2D eigenvalue weighted by Gasteiger charge is -2.34. The molecule has 0 heterocycles. The smallest absolute Gasteiger partial charge is 0.325 e. The molecule has 0 N–H and O–H groups in total. The first-order valence-electron chi connectivity index (χ1n) is 12.0. The average molecular weight is 488 g/mol. The molecule has 0 spiro atoms. The van der Waals surface area contributed by atoms with E-state index < -0.39 is 27.6 Å². The standard InChI is InChI=1S/C27H37NO5S/c1-27(2,3)33-26(29)25(19-21-11-7-5-8-12-21)28(20-22-13-9-6-10-14-22)34(30,31)24-17-15-23(32-4)16-18-24/h6,9-10,13-18,21,25H,5,7-8,11-12,19-20H2,1-4H3/t25-/m1/s1. The minimum atomic E-state index is -4.00. The van der Waals surface area contributed by atoms with Gasteiger partial charge in [0, 0.05) is 6.54 Å². The second-order valence-corrected chi connectivity index (χ2v) is 11.9. The molecule has 1 atom stereocenters. The van der Waals surface area contributed by atoms with Crippen molar-refractivity contribution >= 4 is 16.0 Å². The van der Waals surface area contributed by atoms with Crippen molar-refractivity contribution in [2.75, 3.05) is 7.11 Å². The Hall–Kier alpha value is -2.38. The summed E-state index contributed by atoms with van der Waals surface area (Å²) in [5.74, 6) is 0.362. The van der Waals surface area contributed by atoms with Gasteiger partial charge in [0.15, 0.2) is 0 Å². The van der Waals surface area contributed by atoms with Gasteiger partial charge in [0.05, 0.1) is 12.0 Å². The number of nitrogens with zero attached hydrogens (tertiary/aromatic N) is 1. The maximum Gasteiger partial charge on any atom is 0.325 e. The van der Waals surface area contributed by atoms with Crippen molar-refractivity contribution in [1.29, 1.82) is 0 Å². The molecule has 0 radical (unpaired) electrons. The molecule has 34 heavy (non-hydrogen) atoms. The number of methoxy groups -OCH3 is 1. The van der Waals surface area contributed by atoms with Crippen LogP contribution < -0.4 is 4.74 Å². The van der Waals surface area contributed by atoms with Gasteiger partial charge in [0.1, 0.15) is 17.4 Å². The number of sulfonamides is 1. The zero-order chi connectivity index (χ0) is 24.8. The summed E-state index contributed by atoms with van der Waals surface area (Å²) in [4.78, 5) is 13.6. The van der Waals surface area contributed by atoms with Gasteiger partial charge >= 0.3 is 5.97 Å². The Bertz CT molecular complexity index is 1020. The monoisotopic (exact) mass is 487 g/mol. The van der Waals surface area contributed by atoms with Crippen LogP contribution >= 0.6 is 0 Å². The van der Waals surface area contributed by atoms with Crippen molar-refractivity contribution in [2.24, 2.45) is 5.92 Å². The highest BCUT2D eigenvalue weighted by Crippen LogP contribution is 2.33. The molecule has 1 aliphatic rings. The fraction of sp³-hybridized carbons (Fsp3) is 0.519. The van der Waals surface area contributed by atoms with Crippen LogP contribution in [0, 0.1) is 5.92 Å². The lowest BCUT2D eigenvalue weighted by molar-refractivity contribution is -0.160. The molecule has 0 saturated heterocycles. The Morgan fingerprint density at radius 3 is 2.18 bits per heavy atom. The van der Waals surface area contributed by atoms with Crippen LogP contribution in [0.4, 0.5) is 0 Å². The van der Waals surface area contributed by atoms with Gasteiger partial charge in [0.2, 0.25) is 10.0 Å². The highest BCUT2D eigenvalue weighted by atomic mass is 32.2. The first-order chi connectivity index (χ1) is 16.1. The fourth-order valence-electron chi connectivity index (χ4n) is 4.45. The van der Waals surface area contributed by atoms with Crippen LogP contribution in [0.5, 0.6) is 5.75 Å². The Morgan fingerprint density at radius 2 is 1.62 bits per heavy atom. The summed E-state index contributed by atoms with van der Waals surface area (Å²) in [6, 6.07) is 14.8. The predicted molar refractivity (Wildman–Crippen MR) is 133 cm³/mol. The van der Waals surface area contributed by atoms with Crippen LogP contribution in [0.1, 0.15) is 64.9 Å². The highest BCUT2D eigenvalue weighted by Gasteiger charge is 2.40. The van der Waals surface area contributed by atoms with Gasteiger partial charge in [-0.2, -0.15) is 4.31 Å². The molecule has 3 rings (SSSR count). The maximum atomic E-state index is 14.0. The number of hydrogen-bond acceptors (Lipinski definition) is 5. The summed E-state index contributed by atoms with van der Waals surface area (Å²) in [7, 11) is -2.46. The van der Waals surface area contributed by atoms with E-state index in [0.717, 1.165) is 31.2 Å². The number of rotatable bonds is 9. The number of benzene rings is 2. The van der Waals surface area contributed by atoms with Crippen molar-refractivity contribution in [3.63, 3.8) is 0 Å². The summed E-state index contributed by atoms with van der Waals surface area (Å²) in [6.45, 7) is 5.51. The summed E-state index contributed by atoms with van der Waals surface area (Å²) in [6.07, 6.45) is 5.86. The first kappa shape index (κ1) is 26.2. The van der Waals surface area contributed by atoms with E-state index in [9.17, 15) is 13.2 Å². The van der Waals surface area contributed by atoms with Gasteiger partial charge in [-0.05, 0) is 62.9 Å². The van der Waals surface area contributed by atoms with Crippen LogP contribution in [-0.4, -0.2) is 37.4 Å². The Kier molecular flexibility index (Phi) is 8.77. The number of esters is 1. The number of carbonyl (C=O) groups excluding carboxylic acids is 1. The van der Waals surface area contributed by atoms with Crippen LogP contribution in [0.15, 0.2) is 59.5 Å². The van der Waals surface area contributed by atoms with E-state index >= 15 is 0 Å². The molecule has 1 fully saturated rings. The Balaban J connectivity index is 2.04. The molecule has 0 aliphatic heterocycles. The second-order valence-electron chi connectivity index (χ2n) is 10.0. The van der Waals surface area contributed by atoms with E-state index in [4.69, 9.17) is 9.47 Å². The quantitative estimate of drug-likeness (QED) is 0.433. The minimum Gasteiger partial charge on any atom is -0.497 e. The molecule has 0 amide bonds. The van der Waals surface area contributed by atoms with Crippen molar-refractivity contribution in [1.82, 2.24) is 4.31 Å². The van der Waals surface area contributed by atoms with Crippen molar-refractivity contribution in [3.05, 3.63) is 60.2 Å². The van der Waals surface area contributed by atoms with Gasteiger partial charge in [-0.3, -0.25) is 4.79 Å². The average Bonchev–Trinajstić information content (AvgIpc) is 2.81. The molecule has 7 heteroatoms. The van der Waals surface area contributed by atoms with Crippen LogP contribution in [0.2, 0.25) is 0 Å². The fourth-order valence-corrected chi connectivity index (χ4v) is 6.03. The zero-order valence-corrected chi connectivity index (χ0v) is 21.5. The topological polar surface area (TPSA) is 72.9 Å². The molecule has 186 valence electrons. The third kappa shape index (κ3) is 7.06. The van der Waals surface area contributed by atoms with E-state index in [0.29, 0.717) is 12.2 Å². The SMILES string of the molecule is COc1ccc(S(=O)(=O)N(Cc2ccccc2)[C@H](CC2CCCCC2)C(=O)OC(C)(C)C)cc1. The Morgan fingerprint density at radius 1 is 1.00 bits per heavy atom. The number of ether oxygens (including phenoxy) is 2. The van der Waals surface area contributed by atoms with Crippen LogP contribution in [0.25, 0.3) is 0 Å². The van der Waals surface area contributed by atoms with Gasteiger partial charge in [0.25, 0.3) is 0 Å². The second kappa shape index (κ2) is 11.4. The molecule has 0 aromatic heterocycles. The van der Waals surface area contributed by atoms with E-state index in [2.05, 4.69) is 0 Å². The van der Waals surface area contributed by atoms with E-state index in [1.807, 2.05) is 51.1 Å². The maximum absolute atomic E-state index is 14.0. The van der Waals surface area contributed by atoms with Crippen molar-refractivity contribution in [3.8, 4) is 5.75 Å². The molecule has 2 aromatic carbocycles. The number of hydrogen-bond donors (Lipinski definition) is 0. The van der Waals surface area contributed by atoms with E-state index in [1.165, 1.54) is 30.0 Å². The van der Waals surface area contributed by atoms with Gasteiger partial charge < -0.3 is 9.47 Å². The highest BCUT2D eigenvalue weighted by molar-refractivity contribution is 7.89. The third-order valence-electron chi connectivity index (χ3n) is 6.16. The molecule has 1 saturated carbocycles. The third-order valence-corrected chi connectivity index (χ3v) is 8.02. The van der Waals surface area contributed by atoms with Crippen LogP contribution in [0.3, 0.4) is 0 Å². The van der Waals surface area contributed by atoms with E-state index in [-0.39, 0.29) is 17.4 Å².